The van der Waals surface area contributed by atoms with Gasteiger partial charge in [0.05, 0.1) is 11.4 Å². The summed E-state index contributed by atoms with van der Waals surface area (Å²) in [5.74, 6) is 0. The first-order valence-corrected chi connectivity index (χ1v) is 7.38. The van der Waals surface area contributed by atoms with Gasteiger partial charge in [0.15, 0.2) is 0 Å². The number of nitrogens with one attached hydrogen (secondary N) is 1. The average Bonchev–Trinajstić information content (AvgIpc) is 3.09. The van der Waals surface area contributed by atoms with Crippen molar-refractivity contribution in [1.29, 1.82) is 0 Å². The van der Waals surface area contributed by atoms with Crippen molar-refractivity contribution in [2.75, 3.05) is 13.1 Å². The van der Waals surface area contributed by atoms with E-state index < -0.39 is 0 Å². The van der Waals surface area contributed by atoms with Gasteiger partial charge in [0.25, 0.3) is 0 Å². The topological polar surface area (TPSA) is 36.8 Å². The van der Waals surface area contributed by atoms with Crippen LogP contribution in [0, 0.1) is 0 Å². The average molecular weight is 275 g/mol. The molecule has 2 aliphatic rings. The van der Waals surface area contributed by atoms with E-state index in [9.17, 15) is 0 Å². The zero-order valence-electron chi connectivity index (χ0n) is 11.8. The molecule has 1 N–H and O–H groups in total. The van der Waals surface area contributed by atoms with E-state index in [2.05, 4.69) is 51.7 Å². The quantitative estimate of drug-likeness (QED) is 0.913. The maximum atomic E-state index is 4.67. The number of nitrogens with zero attached hydrogens (tertiary/aromatic N) is 2. The molecule has 0 aromatic heterocycles. The normalized spacial score (nSPS) is 15.4. The fourth-order valence-electron chi connectivity index (χ4n) is 2.95. The zero-order chi connectivity index (χ0) is 14.1. The maximum Gasteiger partial charge on any atom is 0.0665 e. The molecule has 0 saturated carbocycles. The standard InChI is InChI=1S/C18H17N3/c1-3-7-17-13(5-1)9-15(20-17)11-19-12-16-10-14-6-2-4-8-18(14)21-16/h1-8,19H,9-12H2. The fraction of sp³-hybridized carbons (Fsp3) is 0.222. The molecule has 3 heteroatoms. The highest BCUT2D eigenvalue weighted by Crippen LogP contribution is 2.26. The first kappa shape index (κ1) is 12.5. The van der Waals surface area contributed by atoms with E-state index in [0.29, 0.717) is 0 Å². The summed E-state index contributed by atoms with van der Waals surface area (Å²) in [4.78, 5) is 9.34. The van der Waals surface area contributed by atoms with Crippen molar-refractivity contribution in [2.45, 2.75) is 12.8 Å². The van der Waals surface area contributed by atoms with Crippen LogP contribution in [0.25, 0.3) is 0 Å². The molecule has 0 radical (unpaired) electrons. The lowest BCUT2D eigenvalue weighted by Gasteiger charge is -2.04. The summed E-state index contributed by atoms with van der Waals surface area (Å²) in [5.41, 5.74) is 7.35. The highest BCUT2D eigenvalue weighted by Gasteiger charge is 2.15. The predicted octanol–water partition coefficient (Wildman–Crippen LogP) is 3.23. The maximum absolute atomic E-state index is 4.67. The SMILES string of the molecule is c1ccc2c(c1)CC(CNCC1=Nc3ccccc3C1)=N2. The Morgan fingerprint density at radius 1 is 0.714 bits per heavy atom. The highest BCUT2D eigenvalue weighted by atomic mass is 14.9. The van der Waals surface area contributed by atoms with Crippen molar-refractivity contribution in [3.8, 4) is 0 Å². The van der Waals surface area contributed by atoms with Gasteiger partial charge >= 0.3 is 0 Å². The van der Waals surface area contributed by atoms with E-state index in [1.54, 1.807) is 0 Å². The fourth-order valence-corrected chi connectivity index (χ4v) is 2.95. The molecule has 0 fully saturated rings. The van der Waals surface area contributed by atoms with Gasteiger partial charge in [0, 0.05) is 37.4 Å². The van der Waals surface area contributed by atoms with Crippen LogP contribution >= 0.6 is 0 Å². The molecule has 2 aromatic carbocycles. The van der Waals surface area contributed by atoms with Crippen LogP contribution < -0.4 is 5.32 Å². The number of para-hydroxylation sites is 2. The minimum atomic E-state index is 0.837. The third kappa shape index (κ3) is 2.52. The van der Waals surface area contributed by atoms with Crippen LogP contribution in [0.4, 0.5) is 11.4 Å². The Kier molecular flexibility index (Phi) is 3.13. The van der Waals surface area contributed by atoms with Crippen molar-refractivity contribution in [3.63, 3.8) is 0 Å². The molecular formula is C18H17N3. The number of hydrogen-bond donors (Lipinski definition) is 1. The summed E-state index contributed by atoms with van der Waals surface area (Å²) in [7, 11) is 0. The number of hydrogen-bond acceptors (Lipinski definition) is 3. The third-order valence-electron chi connectivity index (χ3n) is 3.99. The van der Waals surface area contributed by atoms with Crippen molar-refractivity contribution >= 4 is 22.8 Å². The van der Waals surface area contributed by atoms with E-state index in [-0.39, 0.29) is 0 Å². The van der Waals surface area contributed by atoms with Gasteiger partial charge in [-0.05, 0) is 23.3 Å². The van der Waals surface area contributed by atoms with Crippen LogP contribution in [0.1, 0.15) is 11.1 Å². The first-order chi connectivity index (χ1) is 10.4. The van der Waals surface area contributed by atoms with Crippen LogP contribution in [0.3, 0.4) is 0 Å². The van der Waals surface area contributed by atoms with Crippen LogP contribution in [0.2, 0.25) is 0 Å². The van der Waals surface area contributed by atoms with E-state index in [1.807, 2.05) is 12.1 Å². The van der Waals surface area contributed by atoms with Crippen molar-refractivity contribution in [1.82, 2.24) is 5.32 Å². The summed E-state index contributed by atoms with van der Waals surface area (Å²) in [6.45, 7) is 1.67. The van der Waals surface area contributed by atoms with Gasteiger partial charge in [0.1, 0.15) is 0 Å². The molecule has 104 valence electrons. The van der Waals surface area contributed by atoms with Gasteiger partial charge in [-0.25, -0.2) is 0 Å². The Balaban J connectivity index is 1.33. The van der Waals surface area contributed by atoms with Crippen LogP contribution in [0.5, 0.6) is 0 Å². The minimum Gasteiger partial charge on any atom is -0.306 e. The summed E-state index contributed by atoms with van der Waals surface area (Å²) < 4.78 is 0. The Bertz CT molecular complexity index is 680. The van der Waals surface area contributed by atoms with Gasteiger partial charge in [-0.2, -0.15) is 0 Å². The molecule has 21 heavy (non-hydrogen) atoms. The third-order valence-corrected chi connectivity index (χ3v) is 3.99. The molecule has 2 heterocycles. The van der Waals surface area contributed by atoms with Gasteiger partial charge in [-0.15, -0.1) is 0 Å². The zero-order valence-corrected chi connectivity index (χ0v) is 11.8. The van der Waals surface area contributed by atoms with E-state index in [4.69, 9.17) is 0 Å². The molecule has 0 spiro atoms. The second-order valence-electron chi connectivity index (χ2n) is 5.57. The largest absolute Gasteiger partial charge is 0.306 e. The van der Waals surface area contributed by atoms with Gasteiger partial charge in [-0.1, -0.05) is 36.4 Å². The van der Waals surface area contributed by atoms with Crippen molar-refractivity contribution in [2.24, 2.45) is 9.98 Å². The molecule has 0 aliphatic carbocycles. The first-order valence-electron chi connectivity index (χ1n) is 7.38. The summed E-state index contributed by atoms with van der Waals surface area (Å²) >= 11 is 0. The monoisotopic (exact) mass is 275 g/mol. The van der Waals surface area contributed by atoms with E-state index in [0.717, 1.165) is 37.3 Å². The van der Waals surface area contributed by atoms with Gasteiger partial charge < -0.3 is 5.32 Å². The number of aliphatic imine (C=N–C) groups is 2. The highest BCUT2D eigenvalue weighted by molar-refractivity contribution is 5.97. The van der Waals surface area contributed by atoms with Crippen LogP contribution in [0.15, 0.2) is 58.5 Å². The van der Waals surface area contributed by atoms with Gasteiger partial charge in [-0.3, -0.25) is 9.98 Å². The molecule has 2 aliphatic heterocycles. The molecule has 2 aromatic rings. The molecule has 3 nitrogen and oxygen atoms in total. The minimum absolute atomic E-state index is 0.837. The van der Waals surface area contributed by atoms with Crippen LogP contribution in [-0.4, -0.2) is 24.5 Å². The number of benzene rings is 2. The van der Waals surface area contributed by atoms with Crippen LogP contribution in [-0.2, 0) is 12.8 Å². The van der Waals surface area contributed by atoms with E-state index in [1.165, 1.54) is 22.6 Å². The molecule has 0 amide bonds. The Morgan fingerprint density at radius 3 is 1.67 bits per heavy atom. The summed E-state index contributed by atoms with van der Waals surface area (Å²) in [5, 5.41) is 3.48. The van der Waals surface area contributed by atoms with Crippen molar-refractivity contribution < 1.29 is 0 Å². The molecule has 0 atom stereocenters. The second kappa shape index (κ2) is 5.26. The lowest BCUT2D eigenvalue weighted by molar-refractivity contribution is 0.875. The van der Waals surface area contributed by atoms with E-state index >= 15 is 0 Å². The molecule has 0 bridgehead atoms. The summed E-state index contributed by atoms with van der Waals surface area (Å²) in [6.07, 6.45) is 1.94. The molecule has 4 rings (SSSR count). The molecule has 0 unspecified atom stereocenters. The summed E-state index contributed by atoms with van der Waals surface area (Å²) in [6, 6.07) is 16.7. The number of rotatable bonds is 4. The lowest BCUT2D eigenvalue weighted by atomic mass is 10.1. The Hall–Kier alpha value is -2.26. The lowest BCUT2D eigenvalue weighted by Crippen LogP contribution is -2.28. The van der Waals surface area contributed by atoms with Gasteiger partial charge in [0.2, 0.25) is 0 Å². The molecular weight excluding hydrogens is 258 g/mol. The molecule has 0 saturated heterocycles. The Labute approximate surface area is 124 Å². The predicted molar refractivity (Wildman–Crippen MR) is 87.4 cm³/mol. The van der Waals surface area contributed by atoms with Crippen molar-refractivity contribution in [3.05, 3.63) is 59.7 Å². The smallest absolute Gasteiger partial charge is 0.0665 e. The second-order valence-corrected chi connectivity index (χ2v) is 5.57. The number of fused-ring (bicyclic) bond motifs is 2. The Morgan fingerprint density at radius 2 is 1.19 bits per heavy atom.